The first-order chi connectivity index (χ1) is 11.8. The van der Waals surface area contributed by atoms with E-state index in [1.807, 2.05) is 0 Å². The van der Waals surface area contributed by atoms with Gasteiger partial charge in [0.15, 0.2) is 0 Å². The van der Waals surface area contributed by atoms with Gasteiger partial charge < -0.3 is 4.98 Å². The van der Waals surface area contributed by atoms with Crippen LogP contribution in [-0.2, 0) is 6.42 Å². The minimum atomic E-state index is 1.20. The molecule has 128 valence electrons. The Balaban J connectivity index is 1.63. The number of benzene rings is 2. The monoisotopic (exact) mass is 321 g/mol. The second kappa shape index (κ2) is 8.37. The summed E-state index contributed by atoms with van der Waals surface area (Å²) in [7, 11) is 0. The molecule has 0 amide bonds. The number of aromatic nitrogens is 1. The molecule has 0 saturated heterocycles. The predicted octanol–water partition coefficient (Wildman–Crippen LogP) is 7.31. The Morgan fingerprint density at radius 1 is 0.750 bits per heavy atom. The van der Waals surface area contributed by atoms with Crippen molar-refractivity contribution >= 4 is 21.8 Å². The number of H-pyrrole nitrogens is 1. The molecule has 0 radical (unpaired) electrons. The molecule has 0 atom stereocenters. The van der Waals surface area contributed by atoms with Crippen LogP contribution in [0.1, 0.15) is 69.4 Å². The lowest BCUT2D eigenvalue weighted by atomic mass is 9.98. The zero-order chi connectivity index (χ0) is 16.8. The summed E-state index contributed by atoms with van der Waals surface area (Å²) in [6, 6.07) is 13.2. The van der Waals surface area contributed by atoms with Gasteiger partial charge in [-0.1, -0.05) is 82.2 Å². The average molecular weight is 322 g/mol. The molecule has 3 aromatic rings. The molecule has 1 heteroatoms. The Bertz CT molecular complexity index is 781. The predicted molar refractivity (Wildman–Crippen MR) is 107 cm³/mol. The molecule has 1 nitrogen and oxygen atoms in total. The lowest BCUT2D eigenvalue weighted by Gasteiger charge is -2.08. The second-order valence-corrected chi connectivity index (χ2v) is 7.18. The van der Waals surface area contributed by atoms with E-state index in [9.17, 15) is 0 Å². The van der Waals surface area contributed by atoms with Gasteiger partial charge in [-0.05, 0) is 37.0 Å². The van der Waals surface area contributed by atoms with Crippen molar-refractivity contribution in [1.29, 1.82) is 0 Å². The SMILES string of the molecule is CCCCCCCCCCc1c(C)ccc2c1[nH]c1ccccc12. The Morgan fingerprint density at radius 3 is 2.25 bits per heavy atom. The fourth-order valence-corrected chi connectivity index (χ4v) is 3.84. The van der Waals surface area contributed by atoms with Crippen molar-refractivity contribution in [1.82, 2.24) is 4.98 Å². The van der Waals surface area contributed by atoms with Gasteiger partial charge in [-0.15, -0.1) is 0 Å². The van der Waals surface area contributed by atoms with Crippen molar-refractivity contribution in [2.75, 3.05) is 0 Å². The van der Waals surface area contributed by atoms with Crippen LogP contribution < -0.4 is 0 Å². The van der Waals surface area contributed by atoms with Crippen LogP contribution in [0.4, 0.5) is 0 Å². The standard InChI is InChI=1S/C23H31N/c1-3-4-5-6-7-8-9-10-13-19-18(2)16-17-21-20-14-11-12-15-22(20)24-23(19)21/h11-12,14-17,24H,3-10,13H2,1-2H3. The number of aromatic amines is 1. The molecule has 0 aliphatic carbocycles. The smallest absolute Gasteiger partial charge is 0.0500 e. The number of rotatable bonds is 9. The first-order valence-corrected chi connectivity index (χ1v) is 9.80. The summed E-state index contributed by atoms with van der Waals surface area (Å²) in [5.74, 6) is 0. The molecular weight excluding hydrogens is 290 g/mol. The van der Waals surface area contributed by atoms with Gasteiger partial charge in [-0.2, -0.15) is 0 Å². The van der Waals surface area contributed by atoms with Gasteiger partial charge in [0.25, 0.3) is 0 Å². The summed E-state index contributed by atoms with van der Waals surface area (Å²) in [4.78, 5) is 3.66. The Kier molecular flexibility index (Phi) is 5.96. The van der Waals surface area contributed by atoms with Crippen molar-refractivity contribution in [3.8, 4) is 0 Å². The molecule has 0 fully saturated rings. The highest BCUT2D eigenvalue weighted by atomic mass is 14.7. The van der Waals surface area contributed by atoms with Gasteiger partial charge in [0.05, 0.1) is 0 Å². The molecular formula is C23H31N. The summed E-state index contributed by atoms with van der Waals surface area (Å²) < 4.78 is 0. The summed E-state index contributed by atoms with van der Waals surface area (Å²) in [6.07, 6.45) is 12.3. The van der Waals surface area contributed by atoms with Crippen LogP contribution in [-0.4, -0.2) is 4.98 Å². The van der Waals surface area contributed by atoms with Crippen LogP contribution in [0.2, 0.25) is 0 Å². The molecule has 0 spiro atoms. The van der Waals surface area contributed by atoms with E-state index in [0.29, 0.717) is 0 Å². The molecule has 0 unspecified atom stereocenters. The fourth-order valence-electron chi connectivity index (χ4n) is 3.84. The molecule has 2 aromatic carbocycles. The van der Waals surface area contributed by atoms with E-state index in [1.54, 1.807) is 0 Å². The van der Waals surface area contributed by atoms with Gasteiger partial charge >= 0.3 is 0 Å². The normalized spacial score (nSPS) is 11.6. The maximum absolute atomic E-state index is 3.66. The molecule has 1 N–H and O–H groups in total. The van der Waals surface area contributed by atoms with Crippen LogP contribution in [0, 0.1) is 6.92 Å². The molecule has 0 aliphatic rings. The summed E-state index contributed by atoms with van der Waals surface area (Å²) in [5, 5.41) is 2.73. The number of para-hydroxylation sites is 1. The number of hydrogen-bond acceptors (Lipinski definition) is 0. The average Bonchev–Trinajstić information content (AvgIpc) is 2.97. The van der Waals surface area contributed by atoms with Crippen LogP contribution in [0.25, 0.3) is 21.8 Å². The zero-order valence-corrected chi connectivity index (χ0v) is 15.3. The number of aryl methyl sites for hydroxylation is 2. The lowest BCUT2D eigenvalue weighted by molar-refractivity contribution is 0.575. The van der Waals surface area contributed by atoms with Crippen molar-refractivity contribution < 1.29 is 0 Å². The quantitative estimate of drug-likeness (QED) is 0.397. The highest BCUT2D eigenvalue weighted by molar-refractivity contribution is 6.08. The molecule has 1 heterocycles. The Labute approximate surface area is 146 Å². The molecule has 24 heavy (non-hydrogen) atoms. The van der Waals surface area contributed by atoms with Gasteiger partial charge in [-0.3, -0.25) is 0 Å². The first-order valence-electron chi connectivity index (χ1n) is 9.80. The lowest BCUT2D eigenvalue weighted by Crippen LogP contribution is -1.92. The minimum absolute atomic E-state index is 1.20. The number of unbranched alkanes of at least 4 members (excludes halogenated alkanes) is 7. The molecule has 3 rings (SSSR count). The van der Waals surface area contributed by atoms with Crippen molar-refractivity contribution in [3.05, 3.63) is 47.5 Å². The van der Waals surface area contributed by atoms with Crippen molar-refractivity contribution in [2.24, 2.45) is 0 Å². The van der Waals surface area contributed by atoms with Crippen LogP contribution >= 0.6 is 0 Å². The van der Waals surface area contributed by atoms with Gasteiger partial charge in [-0.25, -0.2) is 0 Å². The zero-order valence-electron chi connectivity index (χ0n) is 15.3. The minimum Gasteiger partial charge on any atom is -0.354 e. The Hall–Kier alpha value is -1.76. The summed E-state index contributed by atoms with van der Waals surface area (Å²) >= 11 is 0. The summed E-state index contributed by atoms with van der Waals surface area (Å²) in [6.45, 7) is 4.54. The van der Waals surface area contributed by atoms with E-state index in [4.69, 9.17) is 0 Å². The van der Waals surface area contributed by atoms with Crippen LogP contribution in [0.3, 0.4) is 0 Å². The first kappa shape index (κ1) is 17.1. The van der Waals surface area contributed by atoms with E-state index < -0.39 is 0 Å². The van der Waals surface area contributed by atoms with E-state index in [1.165, 1.54) is 90.7 Å². The van der Waals surface area contributed by atoms with Crippen molar-refractivity contribution in [3.63, 3.8) is 0 Å². The van der Waals surface area contributed by atoms with E-state index >= 15 is 0 Å². The molecule has 0 saturated carbocycles. The molecule has 1 aromatic heterocycles. The van der Waals surface area contributed by atoms with E-state index in [0.717, 1.165) is 0 Å². The van der Waals surface area contributed by atoms with Gasteiger partial charge in [0.2, 0.25) is 0 Å². The fraction of sp³-hybridized carbons (Fsp3) is 0.478. The van der Waals surface area contributed by atoms with Crippen LogP contribution in [0.15, 0.2) is 36.4 Å². The van der Waals surface area contributed by atoms with E-state index in [-0.39, 0.29) is 0 Å². The van der Waals surface area contributed by atoms with Gasteiger partial charge in [0.1, 0.15) is 0 Å². The third kappa shape index (κ3) is 3.83. The van der Waals surface area contributed by atoms with Crippen LogP contribution in [0.5, 0.6) is 0 Å². The third-order valence-electron chi connectivity index (χ3n) is 5.30. The van der Waals surface area contributed by atoms with E-state index in [2.05, 4.69) is 55.2 Å². The highest BCUT2D eigenvalue weighted by Gasteiger charge is 2.10. The molecule has 0 aliphatic heterocycles. The number of fused-ring (bicyclic) bond motifs is 3. The highest BCUT2D eigenvalue weighted by Crippen LogP contribution is 2.30. The topological polar surface area (TPSA) is 15.8 Å². The maximum Gasteiger partial charge on any atom is 0.0500 e. The number of nitrogens with one attached hydrogen (secondary N) is 1. The maximum atomic E-state index is 3.66. The largest absolute Gasteiger partial charge is 0.354 e. The van der Waals surface area contributed by atoms with Crippen molar-refractivity contribution in [2.45, 2.75) is 71.6 Å². The Morgan fingerprint density at radius 2 is 1.46 bits per heavy atom. The van der Waals surface area contributed by atoms with Gasteiger partial charge in [0, 0.05) is 21.8 Å². The molecule has 0 bridgehead atoms. The number of hydrogen-bond donors (Lipinski definition) is 1. The third-order valence-corrected chi connectivity index (χ3v) is 5.30. The second-order valence-electron chi connectivity index (χ2n) is 7.18. The summed E-state index contributed by atoms with van der Waals surface area (Å²) in [5.41, 5.74) is 5.57.